The summed E-state index contributed by atoms with van der Waals surface area (Å²) < 4.78 is 4.92. The van der Waals surface area contributed by atoms with Crippen LogP contribution in [-0.4, -0.2) is 43.5 Å². The lowest BCUT2D eigenvalue weighted by atomic mass is 10.2. The average molecular weight is 253 g/mol. The van der Waals surface area contributed by atoms with E-state index in [1.807, 2.05) is 0 Å². The van der Waals surface area contributed by atoms with Crippen LogP contribution in [0.1, 0.15) is 0 Å². The molecular formula is C11H15N3O4. The molecule has 7 nitrogen and oxygen atoms in total. The number of anilines is 1. The summed E-state index contributed by atoms with van der Waals surface area (Å²) in [5, 5.41) is 13.6. The van der Waals surface area contributed by atoms with Crippen molar-refractivity contribution in [2.75, 3.05) is 33.1 Å². The van der Waals surface area contributed by atoms with Gasteiger partial charge in [0.15, 0.2) is 5.75 Å². The predicted octanol–water partition coefficient (Wildman–Crippen LogP) is 1.10. The van der Waals surface area contributed by atoms with Gasteiger partial charge in [0, 0.05) is 31.9 Å². The van der Waals surface area contributed by atoms with E-state index in [9.17, 15) is 14.9 Å². The molecule has 0 spiro atoms. The van der Waals surface area contributed by atoms with E-state index in [0.29, 0.717) is 5.69 Å². The molecule has 0 radical (unpaired) electrons. The minimum absolute atomic E-state index is 0.0904. The molecule has 0 bridgehead atoms. The van der Waals surface area contributed by atoms with E-state index in [-0.39, 0.29) is 23.9 Å². The van der Waals surface area contributed by atoms with Crippen LogP contribution in [0.4, 0.5) is 11.4 Å². The average Bonchev–Trinajstić information content (AvgIpc) is 2.34. The molecule has 1 amide bonds. The number of nitro benzene ring substituents is 1. The van der Waals surface area contributed by atoms with Gasteiger partial charge in [-0.1, -0.05) is 0 Å². The van der Waals surface area contributed by atoms with Crippen LogP contribution in [0.3, 0.4) is 0 Å². The highest BCUT2D eigenvalue weighted by molar-refractivity contribution is 5.80. The summed E-state index contributed by atoms with van der Waals surface area (Å²) in [6, 6.07) is 4.35. The van der Waals surface area contributed by atoms with Crippen LogP contribution in [0.25, 0.3) is 0 Å². The van der Waals surface area contributed by atoms with Gasteiger partial charge in [-0.3, -0.25) is 14.9 Å². The van der Waals surface area contributed by atoms with Crippen LogP contribution in [0.2, 0.25) is 0 Å². The van der Waals surface area contributed by atoms with Crippen LogP contribution in [-0.2, 0) is 4.79 Å². The van der Waals surface area contributed by atoms with Crippen molar-refractivity contribution >= 4 is 17.3 Å². The largest absolute Gasteiger partial charge is 0.490 e. The third kappa shape index (κ3) is 3.34. The van der Waals surface area contributed by atoms with Crippen molar-refractivity contribution in [2.24, 2.45) is 0 Å². The SMILES string of the molecule is COc1cc(NCC(=O)N(C)C)ccc1[N+](=O)[O-]. The summed E-state index contributed by atoms with van der Waals surface area (Å²) >= 11 is 0. The molecule has 1 N–H and O–H groups in total. The van der Waals surface area contributed by atoms with Gasteiger partial charge in [0.05, 0.1) is 18.6 Å². The van der Waals surface area contributed by atoms with Crippen molar-refractivity contribution < 1.29 is 14.5 Å². The van der Waals surface area contributed by atoms with E-state index in [4.69, 9.17) is 4.74 Å². The zero-order valence-corrected chi connectivity index (χ0v) is 10.5. The van der Waals surface area contributed by atoms with E-state index < -0.39 is 4.92 Å². The normalized spacial score (nSPS) is 9.72. The first-order valence-electron chi connectivity index (χ1n) is 5.22. The Balaban J connectivity index is 2.80. The van der Waals surface area contributed by atoms with Gasteiger partial charge < -0.3 is 15.0 Å². The van der Waals surface area contributed by atoms with Gasteiger partial charge >= 0.3 is 5.69 Å². The van der Waals surface area contributed by atoms with E-state index in [0.717, 1.165) is 0 Å². The van der Waals surface area contributed by atoms with Crippen LogP contribution >= 0.6 is 0 Å². The lowest BCUT2D eigenvalue weighted by Crippen LogP contribution is -2.28. The highest BCUT2D eigenvalue weighted by atomic mass is 16.6. The van der Waals surface area contributed by atoms with Crippen molar-refractivity contribution in [3.8, 4) is 5.75 Å². The first kappa shape index (κ1) is 13.8. The smallest absolute Gasteiger partial charge is 0.311 e. The molecular weight excluding hydrogens is 238 g/mol. The molecule has 0 saturated heterocycles. The molecule has 1 aromatic carbocycles. The minimum atomic E-state index is -0.520. The zero-order chi connectivity index (χ0) is 13.7. The second-order valence-electron chi connectivity index (χ2n) is 3.79. The Hall–Kier alpha value is -2.31. The molecule has 0 fully saturated rings. The van der Waals surface area contributed by atoms with Crippen molar-refractivity contribution in [1.82, 2.24) is 4.90 Å². The summed E-state index contributed by atoms with van der Waals surface area (Å²) in [7, 11) is 4.66. The second-order valence-corrected chi connectivity index (χ2v) is 3.79. The minimum Gasteiger partial charge on any atom is -0.490 e. The molecule has 0 aromatic heterocycles. The van der Waals surface area contributed by atoms with Gasteiger partial charge in [-0.15, -0.1) is 0 Å². The van der Waals surface area contributed by atoms with E-state index in [1.165, 1.54) is 30.2 Å². The summed E-state index contributed by atoms with van der Waals surface area (Å²) in [4.78, 5) is 23.0. The molecule has 1 rings (SSSR count). The number of rotatable bonds is 5. The number of ether oxygens (including phenoxy) is 1. The third-order valence-electron chi connectivity index (χ3n) is 2.32. The Morgan fingerprint density at radius 3 is 2.67 bits per heavy atom. The van der Waals surface area contributed by atoms with Gasteiger partial charge in [0.2, 0.25) is 5.91 Å². The molecule has 0 aliphatic rings. The fourth-order valence-corrected chi connectivity index (χ4v) is 1.27. The number of nitrogens with zero attached hydrogens (tertiary/aromatic N) is 2. The molecule has 1 aromatic rings. The predicted molar refractivity (Wildman–Crippen MR) is 66.8 cm³/mol. The Kier molecular flexibility index (Phi) is 4.47. The Morgan fingerprint density at radius 1 is 1.50 bits per heavy atom. The molecule has 18 heavy (non-hydrogen) atoms. The number of amides is 1. The first-order valence-corrected chi connectivity index (χ1v) is 5.22. The van der Waals surface area contributed by atoms with Crippen LogP contribution < -0.4 is 10.1 Å². The highest BCUT2D eigenvalue weighted by Crippen LogP contribution is 2.29. The van der Waals surface area contributed by atoms with Crippen LogP contribution in [0.5, 0.6) is 5.75 Å². The van der Waals surface area contributed by atoms with Crippen molar-refractivity contribution in [1.29, 1.82) is 0 Å². The maximum absolute atomic E-state index is 11.4. The fourth-order valence-electron chi connectivity index (χ4n) is 1.27. The molecule has 0 heterocycles. The molecule has 0 aliphatic heterocycles. The van der Waals surface area contributed by atoms with Gasteiger partial charge in [0.25, 0.3) is 0 Å². The third-order valence-corrected chi connectivity index (χ3v) is 2.32. The molecule has 0 atom stereocenters. The molecule has 0 saturated carbocycles. The lowest BCUT2D eigenvalue weighted by molar-refractivity contribution is -0.385. The summed E-state index contributed by atoms with van der Waals surface area (Å²) in [5.41, 5.74) is 0.481. The number of methoxy groups -OCH3 is 1. The molecule has 98 valence electrons. The Morgan fingerprint density at radius 2 is 2.17 bits per heavy atom. The maximum atomic E-state index is 11.4. The number of carbonyl (C=O) groups excluding carboxylic acids is 1. The molecule has 0 aliphatic carbocycles. The van der Waals surface area contributed by atoms with Gasteiger partial charge in [-0.05, 0) is 6.07 Å². The monoisotopic (exact) mass is 253 g/mol. The summed E-state index contributed by atoms with van der Waals surface area (Å²) in [6.07, 6.45) is 0. The van der Waals surface area contributed by atoms with Crippen molar-refractivity contribution in [3.63, 3.8) is 0 Å². The number of hydrogen-bond donors (Lipinski definition) is 1. The lowest BCUT2D eigenvalue weighted by Gasteiger charge is -2.12. The zero-order valence-electron chi connectivity index (χ0n) is 10.5. The number of likely N-dealkylation sites (N-methyl/N-ethyl adjacent to an activating group) is 1. The molecule has 7 heteroatoms. The topological polar surface area (TPSA) is 84.7 Å². The highest BCUT2D eigenvalue weighted by Gasteiger charge is 2.14. The van der Waals surface area contributed by atoms with E-state index >= 15 is 0 Å². The second kappa shape index (κ2) is 5.85. The Bertz CT molecular complexity index is 460. The quantitative estimate of drug-likeness (QED) is 0.627. The van der Waals surface area contributed by atoms with Crippen molar-refractivity contribution in [3.05, 3.63) is 28.3 Å². The van der Waals surface area contributed by atoms with Crippen LogP contribution in [0.15, 0.2) is 18.2 Å². The van der Waals surface area contributed by atoms with Gasteiger partial charge in [-0.25, -0.2) is 0 Å². The van der Waals surface area contributed by atoms with E-state index in [2.05, 4.69) is 5.32 Å². The van der Waals surface area contributed by atoms with E-state index in [1.54, 1.807) is 14.1 Å². The number of nitrogens with one attached hydrogen (secondary N) is 1. The number of benzene rings is 1. The number of nitro groups is 1. The molecule has 0 unspecified atom stereocenters. The first-order chi connectivity index (χ1) is 8.45. The van der Waals surface area contributed by atoms with Gasteiger partial charge in [0.1, 0.15) is 0 Å². The summed E-state index contributed by atoms with van der Waals surface area (Å²) in [6.45, 7) is 0.119. The summed E-state index contributed by atoms with van der Waals surface area (Å²) in [5.74, 6) is 0.0645. The Labute approximate surface area is 104 Å². The van der Waals surface area contributed by atoms with Crippen LogP contribution in [0, 0.1) is 10.1 Å². The fraction of sp³-hybridized carbons (Fsp3) is 0.364. The maximum Gasteiger partial charge on any atom is 0.311 e. The standard InChI is InChI=1S/C11H15N3O4/c1-13(2)11(15)7-12-8-4-5-9(14(16)17)10(6-8)18-3/h4-6,12H,7H2,1-3H3. The van der Waals surface area contributed by atoms with Gasteiger partial charge in [-0.2, -0.15) is 0 Å². The number of carbonyl (C=O) groups is 1. The van der Waals surface area contributed by atoms with Crippen molar-refractivity contribution in [2.45, 2.75) is 0 Å². The number of hydrogen-bond acceptors (Lipinski definition) is 5.